The summed E-state index contributed by atoms with van der Waals surface area (Å²) in [5.74, 6) is -1.64. The number of aryl methyl sites for hydroxylation is 2. The second-order valence-electron chi connectivity index (χ2n) is 5.84. The summed E-state index contributed by atoms with van der Waals surface area (Å²) in [4.78, 5) is 22.0. The third kappa shape index (κ3) is 5.10. The third-order valence-corrected chi connectivity index (χ3v) is 4.33. The number of rotatable bonds is 6. The summed E-state index contributed by atoms with van der Waals surface area (Å²) in [6, 6.07) is 15.7. The molecule has 0 atom stereocenters. The fourth-order valence-corrected chi connectivity index (χ4v) is 3.31. The van der Waals surface area contributed by atoms with Crippen molar-refractivity contribution in [3.05, 3.63) is 59.7 Å². The molecular weight excluding hydrogens is 350 g/mol. The van der Waals surface area contributed by atoms with E-state index >= 15 is 0 Å². The van der Waals surface area contributed by atoms with E-state index in [0.717, 1.165) is 32.7 Å². The molecule has 0 aliphatic carbocycles. The molecule has 2 radical (unpaired) electrons. The maximum absolute atomic E-state index is 11.0. The van der Waals surface area contributed by atoms with E-state index in [1.165, 1.54) is 0 Å². The van der Waals surface area contributed by atoms with E-state index in [0.29, 0.717) is 12.8 Å². The summed E-state index contributed by atoms with van der Waals surface area (Å²) in [5, 5.41) is 22.2. The van der Waals surface area contributed by atoms with E-state index in [-0.39, 0.29) is 72.0 Å². The molecule has 0 fully saturated rings. The van der Waals surface area contributed by atoms with Gasteiger partial charge in [-0.2, -0.15) is 0 Å². The van der Waals surface area contributed by atoms with Gasteiger partial charge in [-0.05, 0) is 45.5 Å². The van der Waals surface area contributed by atoms with Crippen LogP contribution in [0.15, 0.2) is 48.5 Å². The zero-order valence-corrected chi connectivity index (χ0v) is 19.2. The Balaban J connectivity index is 0.00000169. The van der Waals surface area contributed by atoms with Crippen LogP contribution in [-0.4, -0.2) is 81.3 Å². The first-order chi connectivity index (χ1) is 11.6. The number of carboxylic acid groups (broad SMARTS) is 2. The molecule has 6 heteroatoms. The van der Waals surface area contributed by atoms with Crippen LogP contribution in [0.4, 0.5) is 0 Å². The maximum atomic E-state index is 11.0. The largest absolute Gasteiger partial charge is 0.481 e. The number of carbonyl (C=O) groups is 2. The molecule has 0 amide bonds. The Morgan fingerprint density at radius 1 is 0.615 bits per heavy atom. The van der Waals surface area contributed by atoms with Gasteiger partial charge in [-0.15, -0.1) is 0 Å². The van der Waals surface area contributed by atoms with Crippen LogP contribution in [0.2, 0.25) is 0 Å². The first-order valence-corrected chi connectivity index (χ1v) is 7.92. The average molecular weight is 368 g/mol. The molecule has 0 saturated carbocycles. The van der Waals surface area contributed by atoms with Crippen molar-refractivity contribution in [2.45, 2.75) is 25.7 Å². The van der Waals surface area contributed by atoms with Gasteiger partial charge >= 0.3 is 11.9 Å². The fraction of sp³-hybridized carbons (Fsp3) is 0.200. The number of hydrogen-bond donors (Lipinski definition) is 2. The molecule has 3 aromatic rings. The maximum Gasteiger partial charge on any atom is 0.303 e. The van der Waals surface area contributed by atoms with Gasteiger partial charge in [0.25, 0.3) is 0 Å². The van der Waals surface area contributed by atoms with Crippen LogP contribution in [0.1, 0.15) is 24.0 Å². The molecule has 0 aromatic heterocycles. The summed E-state index contributed by atoms with van der Waals surface area (Å²) in [6.45, 7) is 0. The van der Waals surface area contributed by atoms with Crippen LogP contribution in [-0.2, 0) is 22.4 Å². The van der Waals surface area contributed by atoms with Crippen molar-refractivity contribution in [2.75, 3.05) is 0 Å². The number of hydrogen-bond acceptors (Lipinski definition) is 2. The third-order valence-electron chi connectivity index (χ3n) is 4.33. The Kier molecular flexibility index (Phi) is 9.31. The predicted molar refractivity (Wildman–Crippen MR) is 105 cm³/mol. The van der Waals surface area contributed by atoms with Crippen molar-refractivity contribution in [2.24, 2.45) is 0 Å². The van der Waals surface area contributed by atoms with Gasteiger partial charge in [0.2, 0.25) is 0 Å². The minimum atomic E-state index is -0.821. The van der Waals surface area contributed by atoms with Crippen LogP contribution < -0.4 is 0 Å². The summed E-state index contributed by atoms with van der Waals surface area (Å²) < 4.78 is 0. The fourth-order valence-electron chi connectivity index (χ4n) is 3.31. The molecule has 0 heterocycles. The monoisotopic (exact) mass is 368 g/mol. The molecule has 124 valence electrons. The molecule has 0 bridgehead atoms. The zero-order chi connectivity index (χ0) is 17.1. The molecule has 4 nitrogen and oxygen atoms in total. The Hall–Kier alpha value is -0.880. The van der Waals surface area contributed by atoms with Crippen molar-refractivity contribution in [3.63, 3.8) is 0 Å². The molecule has 0 aliphatic heterocycles. The molecule has 3 aromatic carbocycles. The van der Waals surface area contributed by atoms with Gasteiger partial charge in [-0.25, -0.2) is 0 Å². The smallest absolute Gasteiger partial charge is 0.303 e. The summed E-state index contributed by atoms with van der Waals surface area (Å²) in [5.41, 5.74) is 2.03. The number of fused-ring (bicyclic) bond motifs is 2. The van der Waals surface area contributed by atoms with Crippen LogP contribution in [0.5, 0.6) is 0 Å². The van der Waals surface area contributed by atoms with E-state index in [4.69, 9.17) is 10.2 Å². The molecule has 0 spiro atoms. The van der Waals surface area contributed by atoms with E-state index in [2.05, 4.69) is 0 Å². The molecular formula is C20H18Na2O4. The van der Waals surface area contributed by atoms with Gasteiger partial charge < -0.3 is 10.2 Å². The van der Waals surface area contributed by atoms with Gasteiger partial charge in [-0.3, -0.25) is 9.59 Å². The van der Waals surface area contributed by atoms with Gasteiger partial charge in [0.15, 0.2) is 0 Å². The number of aliphatic carboxylic acids is 2. The minimum absolute atomic E-state index is 0. The van der Waals surface area contributed by atoms with E-state index < -0.39 is 11.9 Å². The summed E-state index contributed by atoms with van der Waals surface area (Å²) >= 11 is 0. The van der Waals surface area contributed by atoms with Gasteiger partial charge in [0, 0.05) is 72.0 Å². The van der Waals surface area contributed by atoms with Crippen LogP contribution in [0, 0.1) is 0 Å². The van der Waals surface area contributed by atoms with Crippen LogP contribution in [0.3, 0.4) is 0 Å². The Bertz CT molecular complexity index is 805. The topological polar surface area (TPSA) is 74.6 Å². The van der Waals surface area contributed by atoms with Crippen molar-refractivity contribution < 1.29 is 19.8 Å². The number of benzene rings is 3. The van der Waals surface area contributed by atoms with Gasteiger partial charge in [0.1, 0.15) is 0 Å². The predicted octanol–water partition coefficient (Wildman–Crippen LogP) is 3.27. The molecule has 0 saturated heterocycles. The van der Waals surface area contributed by atoms with Gasteiger partial charge in [-0.1, -0.05) is 48.5 Å². The first-order valence-electron chi connectivity index (χ1n) is 7.92. The molecule has 2 N–H and O–H groups in total. The molecule has 0 unspecified atom stereocenters. The Labute approximate surface area is 196 Å². The van der Waals surface area contributed by atoms with Crippen LogP contribution in [0.25, 0.3) is 21.5 Å². The van der Waals surface area contributed by atoms with E-state index in [9.17, 15) is 9.59 Å². The van der Waals surface area contributed by atoms with Crippen molar-refractivity contribution in [1.82, 2.24) is 0 Å². The summed E-state index contributed by atoms with van der Waals surface area (Å²) in [7, 11) is 0. The molecule has 26 heavy (non-hydrogen) atoms. The SMILES string of the molecule is O=C(O)CCc1c2ccccc2c(CCC(=O)O)c2ccccc12.[Na].[Na]. The van der Waals surface area contributed by atoms with E-state index in [1.807, 2.05) is 48.5 Å². The van der Waals surface area contributed by atoms with Gasteiger partial charge in [0.05, 0.1) is 0 Å². The second kappa shape index (κ2) is 10.5. The number of carboxylic acids is 2. The molecule has 3 rings (SSSR count). The summed E-state index contributed by atoms with van der Waals surface area (Å²) in [6.07, 6.45) is 1.05. The zero-order valence-electron chi connectivity index (χ0n) is 15.2. The van der Waals surface area contributed by atoms with Crippen molar-refractivity contribution in [3.8, 4) is 0 Å². The second-order valence-corrected chi connectivity index (χ2v) is 5.84. The average Bonchev–Trinajstić information content (AvgIpc) is 2.57. The van der Waals surface area contributed by atoms with Crippen molar-refractivity contribution >= 4 is 92.6 Å². The van der Waals surface area contributed by atoms with E-state index in [1.54, 1.807) is 0 Å². The van der Waals surface area contributed by atoms with Crippen molar-refractivity contribution in [1.29, 1.82) is 0 Å². The van der Waals surface area contributed by atoms with Crippen LogP contribution >= 0.6 is 0 Å². The standard InChI is InChI=1S/C20H18O4.2Na/c21-19(22)11-9-17-13-5-1-2-6-14(13)18(10-12-20(23)24)16-8-4-3-7-15(16)17;;/h1-8H,9-12H2,(H,21,22)(H,23,24);;. The molecule has 0 aliphatic rings. The quantitative estimate of drug-likeness (QED) is 0.517. The normalized spacial score (nSPS) is 10.2. The Morgan fingerprint density at radius 3 is 1.12 bits per heavy atom. The minimum Gasteiger partial charge on any atom is -0.481 e. The first kappa shape index (κ1) is 23.2. The Morgan fingerprint density at radius 2 is 0.885 bits per heavy atom.